The molecule has 4 amide bonds. The van der Waals surface area contributed by atoms with E-state index in [2.05, 4.69) is 15.8 Å². The van der Waals surface area contributed by atoms with Gasteiger partial charge >= 0.3 is 6.03 Å². The lowest BCUT2D eigenvalue weighted by atomic mass is 10.1. The first-order valence-electron chi connectivity index (χ1n) is 9.88. The van der Waals surface area contributed by atoms with Gasteiger partial charge in [-0.05, 0) is 38.5 Å². The van der Waals surface area contributed by atoms with Crippen LogP contribution >= 0.6 is 0 Å². The Morgan fingerprint density at radius 3 is 2.65 bits per heavy atom. The number of hydrogen-bond donors (Lipinski definition) is 3. The Bertz CT molecular complexity index is 959. The number of amides is 4. The molecule has 1 saturated heterocycles. The summed E-state index contributed by atoms with van der Waals surface area (Å²) in [5.74, 6) is -1.19. The van der Waals surface area contributed by atoms with E-state index in [1.807, 2.05) is 0 Å². The van der Waals surface area contributed by atoms with E-state index in [1.54, 1.807) is 13.8 Å². The quantitative estimate of drug-likeness (QED) is 0.650. The van der Waals surface area contributed by atoms with Crippen LogP contribution in [-0.4, -0.2) is 65.1 Å². The van der Waals surface area contributed by atoms with E-state index >= 15 is 0 Å². The Balaban J connectivity index is 1.90. The van der Waals surface area contributed by atoms with Gasteiger partial charge in [0.15, 0.2) is 6.17 Å². The molecule has 1 aromatic heterocycles. The summed E-state index contributed by atoms with van der Waals surface area (Å²) in [6.07, 6.45) is -0.762. The van der Waals surface area contributed by atoms with E-state index in [0.717, 1.165) is 6.07 Å². The predicted octanol–water partition coefficient (Wildman–Crippen LogP) is 1.21. The number of hydrogen-bond acceptors (Lipinski definition) is 6. The minimum Gasteiger partial charge on any atom is -0.361 e. The van der Waals surface area contributed by atoms with Gasteiger partial charge in [-0.15, -0.1) is 0 Å². The number of nitrogens with zero attached hydrogens (tertiary/aromatic N) is 3. The largest absolute Gasteiger partial charge is 0.361 e. The Hall–Kier alpha value is -3.47. The summed E-state index contributed by atoms with van der Waals surface area (Å²) in [7, 11) is 0. The van der Waals surface area contributed by atoms with Crippen LogP contribution in [-0.2, 0) is 4.79 Å². The lowest BCUT2D eigenvalue weighted by Crippen LogP contribution is -2.64. The van der Waals surface area contributed by atoms with Crippen LogP contribution < -0.4 is 16.4 Å². The summed E-state index contributed by atoms with van der Waals surface area (Å²) in [4.78, 5) is 41.8. The molecule has 166 valence electrons. The standard InChI is InChI=1S/C20H25FN6O4/c1-12-16(13(2)31-25-12)19(29)26-9-4-10-27(18(26)17(28)23-8-7-22)20(30)24-15-6-3-5-14(21)11-15/h3,5-6,11,18H,4,7-10,22H2,1-2H3,(H,23,28)(H,24,30). The first kappa shape index (κ1) is 22.2. The van der Waals surface area contributed by atoms with Gasteiger partial charge in [-0.25, -0.2) is 9.18 Å². The molecule has 11 heteroatoms. The molecule has 10 nitrogen and oxygen atoms in total. The lowest BCUT2D eigenvalue weighted by molar-refractivity contribution is -0.132. The molecule has 1 aromatic carbocycles. The Labute approximate surface area is 178 Å². The first-order valence-corrected chi connectivity index (χ1v) is 9.88. The van der Waals surface area contributed by atoms with Crippen molar-refractivity contribution in [3.05, 3.63) is 47.1 Å². The summed E-state index contributed by atoms with van der Waals surface area (Å²) in [6.45, 7) is 4.11. The number of halogens is 1. The van der Waals surface area contributed by atoms with Crippen LogP contribution in [0.15, 0.2) is 28.8 Å². The van der Waals surface area contributed by atoms with Crippen LogP contribution in [0.3, 0.4) is 0 Å². The highest BCUT2D eigenvalue weighted by Gasteiger charge is 2.41. The number of urea groups is 1. The maximum Gasteiger partial charge on any atom is 0.323 e. The van der Waals surface area contributed by atoms with Gasteiger partial charge in [0.25, 0.3) is 11.8 Å². The van der Waals surface area contributed by atoms with Crippen molar-refractivity contribution >= 4 is 23.5 Å². The molecule has 2 aromatic rings. The van der Waals surface area contributed by atoms with E-state index in [9.17, 15) is 18.8 Å². The minimum atomic E-state index is -1.21. The average molecular weight is 432 g/mol. The second-order valence-corrected chi connectivity index (χ2v) is 7.14. The number of carbonyl (C=O) groups excluding carboxylic acids is 3. The van der Waals surface area contributed by atoms with Gasteiger partial charge < -0.3 is 25.8 Å². The molecular formula is C20H25FN6O4. The van der Waals surface area contributed by atoms with Crippen molar-refractivity contribution < 1.29 is 23.3 Å². The first-order chi connectivity index (χ1) is 14.8. The average Bonchev–Trinajstić information content (AvgIpc) is 3.08. The molecule has 0 radical (unpaired) electrons. The van der Waals surface area contributed by atoms with Gasteiger partial charge in [0.2, 0.25) is 0 Å². The zero-order valence-electron chi connectivity index (χ0n) is 17.4. The van der Waals surface area contributed by atoms with E-state index < -0.39 is 29.8 Å². The fourth-order valence-electron chi connectivity index (χ4n) is 3.51. The maximum atomic E-state index is 13.5. The number of nitrogens with one attached hydrogen (secondary N) is 2. The molecular weight excluding hydrogens is 407 g/mol. The Morgan fingerprint density at radius 1 is 1.26 bits per heavy atom. The number of anilines is 1. The SMILES string of the molecule is Cc1noc(C)c1C(=O)N1CCCN(C(=O)Nc2cccc(F)c2)C1C(=O)NCCN. The molecule has 1 unspecified atom stereocenters. The van der Waals surface area contributed by atoms with Gasteiger partial charge in [0.05, 0.1) is 5.69 Å². The molecule has 1 aliphatic rings. The number of aromatic nitrogens is 1. The summed E-state index contributed by atoms with van der Waals surface area (Å²) in [6, 6.07) is 4.78. The summed E-state index contributed by atoms with van der Waals surface area (Å²) in [5.41, 5.74) is 6.37. The predicted molar refractivity (Wildman–Crippen MR) is 110 cm³/mol. The van der Waals surface area contributed by atoms with Crippen LogP contribution in [0.5, 0.6) is 0 Å². The monoisotopic (exact) mass is 432 g/mol. The zero-order chi connectivity index (χ0) is 22.5. The van der Waals surface area contributed by atoms with Gasteiger partial charge in [0.1, 0.15) is 17.1 Å². The van der Waals surface area contributed by atoms with Crippen LogP contribution in [0.25, 0.3) is 0 Å². The van der Waals surface area contributed by atoms with Crippen molar-refractivity contribution in [3.63, 3.8) is 0 Å². The molecule has 1 atom stereocenters. The van der Waals surface area contributed by atoms with Crippen molar-refractivity contribution in [1.29, 1.82) is 0 Å². The van der Waals surface area contributed by atoms with E-state index in [-0.39, 0.29) is 37.4 Å². The summed E-state index contributed by atoms with van der Waals surface area (Å²) >= 11 is 0. The molecule has 1 aliphatic heterocycles. The Morgan fingerprint density at radius 2 is 2.00 bits per heavy atom. The van der Waals surface area contributed by atoms with Gasteiger partial charge in [0, 0.05) is 31.9 Å². The number of nitrogens with two attached hydrogens (primary N) is 1. The molecule has 0 spiro atoms. The fraction of sp³-hybridized carbons (Fsp3) is 0.400. The van der Waals surface area contributed by atoms with E-state index in [4.69, 9.17) is 10.3 Å². The van der Waals surface area contributed by atoms with Crippen molar-refractivity contribution in [1.82, 2.24) is 20.3 Å². The molecule has 31 heavy (non-hydrogen) atoms. The van der Waals surface area contributed by atoms with Gasteiger partial charge in [-0.3, -0.25) is 14.5 Å². The van der Waals surface area contributed by atoms with Gasteiger partial charge in [-0.1, -0.05) is 11.2 Å². The minimum absolute atomic E-state index is 0.183. The highest BCUT2D eigenvalue weighted by molar-refractivity contribution is 6.01. The summed E-state index contributed by atoms with van der Waals surface area (Å²) < 4.78 is 18.6. The number of aryl methyl sites for hydroxylation is 2. The molecule has 3 rings (SSSR count). The van der Waals surface area contributed by atoms with Crippen molar-refractivity contribution in [2.75, 3.05) is 31.5 Å². The number of rotatable bonds is 5. The van der Waals surface area contributed by atoms with E-state index in [1.165, 1.54) is 28.0 Å². The molecule has 4 N–H and O–H groups in total. The fourth-order valence-corrected chi connectivity index (χ4v) is 3.51. The Kier molecular flexibility index (Phi) is 6.85. The maximum absolute atomic E-state index is 13.5. The van der Waals surface area contributed by atoms with E-state index in [0.29, 0.717) is 17.9 Å². The van der Waals surface area contributed by atoms with Crippen LogP contribution in [0, 0.1) is 19.7 Å². The zero-order valence-corrected chi connectivity index (χ0v) is 17.4. The third-order valence-electron chi connectivity index (χ3n) is 4.91. The normalized spacial score (nSPS) is 16.2. The number of benzene rings is 1. The molecule has 0 saturated carbocycles. The van der Waals surface area contributed by atoms with Crippen LogP contribution in [0.2, 0.25) is 0 Å². The highest BCUT2D eigenvalue weighted by Crippen LogP contribution is 2.23. The molecule has 2 heterocycles. The summed E-state index contributed by atoms with van der Waals surface area (Å²) in [5, 5.41) is 9.03. The third-order valence-corrected chi connectivity index (χ3v) is 4.91. The number of carbonyl (C=O) groups is 3. The topological polar surface area (TPSA) is 134 Å². The van der Waals surface area contributed by atoms with Crippen molar-refractivity contribution in [3.8, 4) is 0 Å². The smallest absolute Gasteiger partial charge is 0.323 e. The molecule has 0 bridgehead atoms. The third kappa shape index (κ3) is 4.82. The second kappa shape index (κ2) is 9.56. The second-order valence-electron chi connectivity index (χ2n) is 7.14. The van der Waals surface area contributed by atoms with Gasteiger partial charge in [-0.2, -0.15) is 0 Å². The van der Waals surface area contributed by atoms with Crippen LogP contribution in [0.4, 0.5) is 14.9 Å². The lowest BCUT2D eigenvalue weighted by Gasteiger charge is -2.42. The highest BCUT2D eigenvalue weighted by atomic mass is 19.1. The molecule has 1 fully saturated rings. The van der Waals surface area contributed by atoms with Crippen LogP contribution in [0.1, 0.15) is 28.2 Å². The van der Waals surface area contributed by atoms with Crippen molar-refractivity contribution in [2.45, 2.75) is 26.4 Å². The molecule has 0 aliphatic carbocycles. The van der Waals surface area contributed by atoms with Crippen molar-refractivity contribution in [2.24, 2.45) is 5.73 Å².